The first-order valence-corrected chi connectivity index (χ1v) is 14.7. The summed E-state index contributed by atoms with van der Waals surface area (Å²) in [4.78, 5) is 41.1. The van der Waals surface area contributed by atoms with E-state index in [9.17, 15) is 14.4 Å². The van der Waals surface area contributed by atoms with Crippen LogP contribution in [-0.4, -0.2) is 93.2 Å². The first-order chi connectivity index (χ1) is 19.0. The minimum absolute atomic E-state index is 0.0158. The van der Waals surface area contributed by atoms with E-state index in [1.165, 1.54) is 0 Å². The Morgan fingerprint density at radius 3 is 1.82 bits per heavy atom. The van der Waals surface area contributed by atoms with Crippen LogP contribution in [0.3, 0.4) is 0 Å². The van der Waals surface area contributed by atoms with Crippen LogP contribution in [0.1, 0.15) is 91.9 Å². The third-order valence-corrected chi connectivity index (χ3v) is 6.50. The van der Waals surface area contributed by atoms with Crippen LogP contribution >= 0.6 is 0 Å². The normalized spacial score (nSPS) is 25.4. The van der Waals surface area contributed by atoms with Crippen molar-refractivity contribution in [3.05, 3.63) is 0 Å². The zero-order valence-corrected chi connectivity index (χ0v) is 24.2. The predicted molar refractivity (Wildman–Crippen MR) is 141 cm³/mol. The molecule has 2 saturated heterocycles. The Labute approximate surface area is 233 Å². The summed E-state index contributed by atoms with van der Waals surface area (Å²) in [6, 6.07) is 0. The van der Waals surface area contributed by atoms with Crippen molar-refractivity contribution in [1.82, 2.24) is 5.06 Å². The maximum absolute atomic E-state index is 12.5. The van der Waals surface area contributed by atoms with Gasteiger partial charge in [0.2, 0.25) is 0 Å². The fraction of sp³-hybridized carbons (Fsp3) is 0.893. The van der Waals surface area contributed by atoms with Crippen LogP contribution in [-0.2, 0) is 47.6 Å². The number of unbranched alkanes of at least 4 members (excludes halogenated alkanes) is 4. The highest BCUT2D eigenvalue weighted by atomic mass is 16.8. The molecule has 2 unspecified atom stereocenters. The number of hydrogen-bond acceptors (Lipinski definition) is 10. The highest BCUT2D eigenvalue weighted by Crippen LogP contribution is 2.30. The SMILES string of the molecule is CCCCOCC1O[C@@H](OCC(=O)ON2C(=O)CCC2=O)[C@@H](OCCCC)C(OCCCC)[C@H]1OCCCC. The molecular weight excluding hydrogens is 510 g/mol. The Morgan fingerprint density at radius 2 is 1.26 bits per heavy atom. The summed E-state index contributed by atoms with van der Waals surface area (Å²) in [5.41, 5.74) is 0. The number of nitrogens with zero attached hydrogens (tertiary/aromatic N) is 1. The van der Waals surface area contributed by atoms with Gasteiger partial charge in [-0.15, -0.1) is 5.06 Å². The largest absolute Gasteiger partial charge is 0.379 e. The first kappa shape index (κ1) is 33.6. The average molecular weight is 560 g/mol. The van der Waals surface area contributed by atoms with E-state index in [0.717, 1.165) is 51.4 Å². The standard InChI is InChI=1S/C28H49NO10/c1-5-9-15-33-19-21-25(34-16-10-6-2)26(35-17-11-7-3)27(36-18-12-8-4)28(38-21)37-20-24(32)39-29-22(30)13-14-23(29)31/h21,25-28H,5-20H2,1-4H3/t21?,25-,26?,27-,28+/m0/s1. The van der Waals surface area contributed by atoms with E-state index in [1.54, 1.807) is 0 Å². The molecule has 0 spiro atoms. The number of carbonyl (C=O) groups excluding carboxylic acids is 3. The summed E-state index contributed by atoms with van der Waals surface area (Å²) in [6.45, 7) is 10.2. The maximum atomic E-state index is 12.5. The van der Waals surface area contributed by atoms with Gasteiger partial charge in [0.15, 0.2) is 6.29 Å². The molecule has 0 saturated carbocycles. The Kier molecular flexibility index (Phi) is 16.7. The Balaban J connectivity index is 2.20. The molecule has 0 N–H and O–H groups in total. The van der Waals surface area contributed by atoms with Crippen LogP contribution in [0.4, 0.5) is 0 Å². The molecule has 11 nitrogen and oxygen atoms in total. The van der Waals surface area contributed by atoms with E-state index >= 15 is 0 Å². The second kappa shape index (κ2) is 19.4. The summed E-state index contributed by atoms with van der Waals surface area (Å²) < 4.78 is 37.0. The maximum Gasteiger partial charge on any atom is 0.358 e. The lowest BCUT2D eigenvalue weighted by atomic mass is 9.98. The van der Waals surface area contributed by atoms with Gasteiger partial charge in [0.1, 0.15) is 31.0 Å². The van der Waals surface area contributed by atoms with Crippen molar-refractivity contribution in [1.29, 1.82) is 0 Å². The number of hydrogen-bond donors (Lipinski definition) is 0. The molecule has 39 heavy (non-hydrogen) atoms. The monoisotopic (exact) mass is 559 g/mol. The number of hydroxylamine groups is 2. The van der Waals surface area contributed by atoms with Gasteiger partial charge in [-0.1, -0.05) is 53.4 Å². The molecule has 2 aliphatic rings. The van der Waals surface area contributed by atoms with Crippen molar-refractivity contribution in [2.24, 2.45) is 0 Å². The molecule has 11 heteroatoms. The zero-order chi connectivity index (χ0) is 28.5. The Hall–Kier alpha value is -1.63. The van der Waals surface area contributed by atoms with E-state index in [4.69, 9.17) is 33.3 Å². The summed E-state index contributed by atoms with van der Waals surface area (Å²) >= 11 is 0. The summed E-state index contributed by atoms with van der Waals surface area (Å²) in [7, 11) is 0. The number of ether oxygens (including phenoxy) is 6. The lowest BCUT2D eigenvalue weighted by molar-refractivity contribution is -0.323. The molecule has 0 aromatic heterocycles. The highest BCUT2D eigenvalue weighted by molar-refractivity contribution is 6.01. The van der Waals surface area contributed by atoms with Crippen molar-refractivity contribution in [3.8, 4) is 0 Å². The summed E-state index contributed by atoms with van der Waals surface area (Å²) in [5.74, 6) is -1.98. The lowest BCUT2D eigenvalue weighted by Crippen LogP contribution is -2.62. The summed E-state index contributed by atoms with van der Waals surface area (Å²) in [6.07, 6.45) is 4.32. The molecule has 0 aromatic carbocycles. The second-order valence-corrected chi connectivity index (χ2v) is 9.89. The second-order valence-electron chi connectivity index (χ2n) is 9.89. The smallest absolute Gasteiger partial charge is 0.358 e. The Morgan fingerprint density at radius 1 is 0.744 bits per heavy atom. The minimum Gasteiger partial charge on any atom is -0.379 e. The van der Waals surface area contributed by atoms with Gasteiger partial charge in [0.25, 0.3) is 11.8 Å². The molecular formula is C28H49NO10. The first-order valence-electron chi connectivity index (χ1n) is 14.7. The van der Waals surface area contributed by atoms with Crippen LogP contribution in [0.5, 0.6) is 0 Å². The molecule has 0 radical (unpaired) electrons. The molecule has 0 aliphatic carbocycles. The summed E-state index contributed by atoms with van der Waals surface area (Å²) in [5, 5.41) is 0.501. The number of amides is 2. The van der Waals surface area contributed by atoms with Crippen molar-refractivity contribution >= 4 is 17.8 Å². The van der Waals surface area contributed by atoms with Crippen LogP contribution in [0, 0.1) is 0 Å². The fourth-order valence-electron chi connectivity index (χ4n) is 4.19. The van der Waals surface area contributed by atoms with E-state index in [0.29, 0.717) is 31.5 Å². The van der Waals surface area contributed by atoms with Gasteiger partial charge in [0, 0.05) is 39.3 Å². The van der Waals surface area contributed by atoms with Crippen molar-refractivity contribution in [2.75, 3.05) is 39.6 Å². The quantitative estimate of drug-likeness (QED) is 0.152. The lowest BCUT2D eigenvalue weighted by Gasteiger charge is -2.45. The molecule has 2 heterocycles. The molecule has 5 atom stereocenters. The van der Waals surface area contributed by atoms with E-state index in [1.807, 2.05) is 0 Å². The van der Waals surface area contributed by atoms with Gasteiger partial charge in [-0.05, 0) is 25.7 Å². The van der Waals surface area contributed by atoms with Gasteiger partial charge >= 0.3 is 5.97 Å². The number of carbonyl (C=O) groups is 3. The molecule has 2 amide bonds. The van der Waals surface area contributed by atoms with Crippen molar-refractivity contribution in [2.45, 2.75) is 123 Å². The average Bonchev–Trinajstić information content (AvgIpc) is 3.24. The Bertz CT molecular complexity index is 704. The van der Waals surface area contributed by atoms with Crippen LogP contribution in [0.2, 0.25) is 0 Å². The molecule has 2 aliphatic heterocycles. The molecule has 226 valence electrons. The van der Waals surface area contributed by atoms with Crippen LogP contribution in [0.15, 0.2) is 0 Å². The van der Waals surface area contributed by atoms with Gasteiger partial charge in [-0.25, -0.2) is 4.79 Å². The third-order valence-electron chi connectivity index (χ3n) is 6.50. The van der Waals surface area contributed by atoms with E-state index < -0.39 is 55.1 Å². The van der Waals surface area contributed by atoms with Gasteiger partial charge < -0.3 is 33.3 Å². The van der Waals surface area contributed by atoms with Gasteiger partial charge in [-0.2, -0.15) is 0 Å². The van der Waals surface area contributed by atoms with Crippen molar-refractivity contribution in [3.63, 3.8) is 0 Å². The molecule has 0 aromatic rings. The number of rotatable bonds is 21. The minimum atomic E-state index is -0.975. The van der Waals surface area contributed by atoms with Gasteiger partial charge in [-0.3, -0.25) is 9.59 Å². The van der Waals surface area contributed by atoms with Gasteiger partial charge in [0.05, 0.1) is 6.61 Å². The number of imide groups is 1. The fourth-order valence-corrected chi connectivity index (χ4v) is 4.19. The van der Waals surface area contributed by atoms with Crippen LogP contribution < -0.4 is 0 Å². The molecule has 0 bridgehead atoms. The molecule has 2 rings (SSSR count). The van der Waals surface area contributed by atoms with E-state index in [-0.39, 0.29) is 19.4 Å². The van der Waals surface area contributed by atoms with Crippen LogP contribution in [0.25, 0.3) is 0 Å². The molecule has 2 fully saturated rings. The highest BCUT2D eigenvalue weighted by Gasteiger charge is 2.49. The predicted octanol–water partition coefficient (Wildman–Crippen LogP) is 3.71. The zero-order valence-electron chi connectivity index (χ0n) is 24.2. The topological polar surface area (TPSA) is 119 Å². The van der Waals surface area contributed by atoms with E-state index in [2.05, 4.69) is 27.7 Å². The third kappa shape index (κ3) is 11.4. The van der Waals surface area contributed by atoms with Crippen molar-refractivity contribution < 1.29 is 47.6 Å².